The second-order valence-corrected chi connectivity index (χ2v) is 8.80. The molecular weight excluding hydrogens is 384 g/mol. The Balaban J connectivity index is 1.90. The fraction of sp³-hybridized carbons (Fsp3) is 0.174. The number of anilines is 2. The molecule has 0 unspecified atom stereocenters. The van der Waals surface area contributed by atoms with Crippen molar-refractivity contribution < 1.29 is 13.2 Å². The molecule has 0 aliphatic rings. The van der Waals surface area contributed by atoms with Gasteiger partial charge in [0.2, 0.25) is 0 Å². The molecule has 0 bridgehead atoms. The van der Waals surface area contributed by atoms with Gasteiger partial charge >= 0.3 is 0 Å². The molecule has 5 nitrogen and oxygen atoms in total. The van der Waals surface area contributed by atoms with E-state index < -0.39 is 10.0 Å². The molecule has 0 fully saturated rings. The van der Waals surface area contributed by atoms with E-state index in [0.717, 1.165) is 16.7 Å². The van der Waals surface area contributed by atoms with Gasteiger partial charge in [-0.1, -0.05) is 35.9 Å². The lowest BCUT2D eigenvalue weighted by Crippen LogP contribution is -2.17. The second-order valence-electron chi connectivity index (χ2n) is 7.15. The molecule has 3 aromatic rings. The zero-order valence-corrected chi connectivity index (χ0v) is 17.7. The molecule has 1 amide bonds. The van der Waals surface area contributed by atoms with Crippen molar-refractivity contribution in [1.82, 2.24) is 0 Å². The van der Waals surface area contributed by atoms with Crippen molar-refractivity contribution in [3.05, 3.63) is 88.5 Å². The number of aryl methyl sites for hydroxylation is 3. The predicted molar refractivity (Wildman–Crippen MR) is 117 cm³/mol. The molecular formula is C23H24N2O3S. The number of hydrogen-bond donors (Lipinski definition) is 2. The van der Waals surface area contributed by atoms with E-state index in [-0.39, 0.29) is 16.4 Å². The fourth-order valence-electron chi connectivity index (χ4n) is 2.93. The maximum absolute atomic E-state index is 13.0. The highest BCUT2D eigenvalue weighted by atomic mass is 32.2. The third kappa shape index (κ3) is 4.66. The summed E-state index contributed by atoms with van der Waals surface area (Å²) >= 11 is 0. The molecule has 2 N–H and O–H groups in total. The first kappa shape index (κ1) is 20.6. The van der Waals surface area contributed by atoms with Crippen LogP contribution in [0.25, 0.3) is 0 Å². The number of amides is 1. The zero-order valence-electron chi connectivity index (χ0n) is 16.9. The Morgan fingerprint density at radius 3 is 2.21 bits per heavy atom. The molecule has 6 heteroatoms. The second kappa shape index (κ2) is 8.09. The molecule has 0 aliphatic carbocycles. The van der Waals surface area contributed by atoms with Crippen LogP contribution >= 0.6 is 0 Å². The van der Waals surface area contributed by atoms with Crippen LogP contribution in [0.15, 0.2) is 65.6 Å². The molecule has 0 aromatic heterocycles. The van der Waals surface area contributed by atoms with Gasteiger partial charge in [-0.2, -0.15) is 0 Å². The first-order chi connectivity index (χ1) is 13.7. The number of sulfonamides is 1. The molecule has 0 spiro atoms. The Hall–Kier alpha value is -3.12. The Labute approximate surface area is 171 Å². The Morgan fingerprint density at radius 1 is 0.828 bits per heavy atom. The zero-order chi connectivity index (χ0) is 21.2. The summed E-state index contributed by atoms with van der Waals surface area (Å²) in [7, 11) is -3.85. The molecule has 0 saturated carbocycles. The molecule has 0 heterocycles. The minimum atomic E-state index is -3.85. The lowest BCUT2D eigenvalue weighted by molar-refractivity contribution is 0.102. The van der Waals surface area contributed by atoms with Crippen LogP contribution in [0.3, 0.4) is 0 Å². The van der Waals surface area contributed by atoms with Gasteiger partial charge in [0.15, 0.2) is 0 Å². The average Bonchev–Trinajstić information content (AvgIpc) is 2.67. The van der Waals surface area contributed by atoms with Crippen molar-refractivity contribution >= 4 is 27.3 Å². The van der Waals surface area contributed by atoms with Gasteiger partial charge in [-0.25, -0.2) is 8.42 Å². The number of carbonyl (C=O) groups excluding carboxylic acids is 1. The van der Waals surface area contributed by atoms with Gasteiger partial charge in [0.1, 0.15) is 0 Å². The Bertz CT molecular complexity index is 1170. The minimum Gasteiger partial charge on any atom is -0.322 e. The van der Waals surface area contributed by atoms with E-state index >= 15 is 0 Å². The van der Waals surface area contributed by atoms with Crippen molar-refractivity contribution in [2.75, 3.05) is 10.0 Å². The molecule has 29 heavy (non-hydrogen) atoms. The first-order valence-corrected chi connectivity index (χ1v) is 10.7. The predicted octanol–water partition coefficient (Wildman–Crippen LogP) is 4.97. The van der Waals surface area contributed by atoms with Crippen LogP contribution in [0.1, 0.15) is 32.6 Å². The summed E-state index contributed by atoms with van der Waals surface area (Å²) in [6.45, 7) is 7.46. The number of rotatable bonds is 5. The quantitative estimate of drug-likeness (QED) is 0.626. The summed E-state index contributed by atoms with van der Waals surface area (Å²) in [5.74, 6) is -0.364. The highest BCUT2D eigenvalue weighted by molar-refractivity contribution is 7.92. The van der Waals surface area contributed by atoms with E-state index in [0.29, 0.717) is 16.9 Å². The monoisotopic (exact) mass is 408 g/mol. The van der Waals surface area contributed by atoms with Crippen LogP contribution in [0.4, 0.5) is 11.4 Å². The van der Waals surface area contributed by atoms with Gasteiger partial charge in [0.25, 0.3) is 15.9 Å². The summed E-state index contributed by atoms with van der Waals surface area (Å²) in [4.78, 5) is 12.7. The normalized spacial score (nSPS) is 11.2. The van der Waals surface area contributed by atoms with Crippen molar-refractivity contribution in [3.63, 3.8) is 0 Å². The number of hydrogen-bond acceptors (Lipinski definition) is 3. The lowest BCUT2D eigenvalue weighted by Gasteiger charge is -2.14. The van der Waals surface area contributed by atoms with Crippen molar-refractivity contribution in [2.45, 2.75) is 32.6 Å². The fourth-order valence-corrected chi connectivity index (χ4v) is 4.33. The topological polar surface area (TPSA) is 75.3 Å². The Morgan fingerprint density at radius 2 is 1.52 bits per heavy atom. The molecule has 150 valence electrons. The third-order valence-electron chi connectivity index (χ3n) is 4.90. The van der Waals surface area contributed by atoms with Crippen molar-refractivity contribution in [2.24, 2.45) is 0 Å². The minimum absolute atomic E-state index is 0.0787. The van der Waals surface area contributed by atoms with E-state index in [1.54, 1.807) is 43.3 Å². The maximum atomic E-state index is 13.0. The first-order valence-electron chi connectivity index (χ1n) is 9.25. The summed E-state index contributed by atoms with van der Waals surface area (Å²) in [5.41, 5.74) is 4.96. The van der Waals surface area contributed by atoms with Crippen molar-refractivity contribution in [1.29, 1.82) is 0 Å². The summed E-state index contributed by atoms with van der Waals surface area (Å²) in [5, 5.41) is 2.80. The van der Waals surface area contributed by atoms with Gasteiger partial charge in [0, 0.05) is 11.3 Å². The molecule has 0 saturated heterocycles. The van der Waals surface area contributed by atoms with Gasteiger partial charge in [0.05, 0.1) is 10.6 Å². The largest absolute Gasteiger partial charge is 0.322 e. The van der Waals surface area contributed by atoms with E-state index in [4.69, 9.17) is 0 Å². The summed E-state index contributed by atoms with van der Waals surface area (Å²) < 4.78 is 28.7. The van der Waals surface area contributed by atoms with Gasteiger partial charge < -0.3 is 5.32 Å². The number of nitrogens with one attached hydrogen (secondary N) is 2. The van der Waals surface area contributed by atoms with Gasteiger partial charge in [-0.15, -0.1) is 0 Å². The molecule has 3 aromatic carbocycles. The SMILES string of the molecule is Cc1ccc(NC(=O)c2ccc(C)c(S(=O)(=O)Nc3cccc(C)c3C)c2)cc1. The maximum Gasteiger partial charge on any atom is 0.262 e. The smallest absolute Gasteiger partial charge is 0.262 e. The lowest BCUT2D eigenvalue weighted by atomic mass is 10.1. The van der Waals surface area contributed by atoms with Crippen LogP contribution in [0.5, 0.6) is 0 Å². The molecule has 0 radical (unpaired) electrons. The standard InChI is InChI=1S/C23H24N2O3S/c1-15-8-12-20(13-9-15)24-23(26)19-11-10-17(3)22(14-19)29(27,28)25-21-7-5-6-16(2)18(21)4/h5-14,25H,1-4H3,(H,24,26). The third-order valence-corrected chi connectivity index (χ3v) is 6.41. The van der Waals surface area contributed by atoms with E-state index in [9.17, 15) is 13.2 Å². The van der Waals surface area contributed by atoms with Crippen LogP contribution in [0, 0.1) is 27.7 Å². The van der Waals surface area contributed by atoms with Crippen LogP contribution in [0.2, 0.25) is 0 Å². The summed E-state index contributed by atoms with van der Waals surface area (Å²) in [6, 6.07) is 17.5. The van der Waals surface area contributed by atoms with Crippen LogP contribution < -0.4 is 10.0 Å². The highest BCUT2D eigenvalue weighted by Gasteiger charge is 2.20. The van der Waals surface area contributed by atoms with E-state index in [2.05, 4.69) is 10.0 Å². The summed E-state index contributed by atoms with van der Waals surface area (Å²) in [6.07, 6.45) is 0. The average molecular weight is 409 g/mol. The van der Waals surface area contributed by atoms with E-state index in [1.807, 2.05) is 39.0 Å². The van der Waals surface area contributed by atoms with Crippen LogP contribution in [-0.4, -0.2) is 14.3 Å². The van der Waals surface area contributed by atoms with Gasteiger partial charge in [-0.3, -0.25) is 9.52 Å². The molecule has 0 aliphatic heterocycles. The number of carbonyl (C=O) groups is 1. The van der Waals surface area contributed by atoms with Crippen LogP contribution in [-0.2, 0) is 10.0 Å². The molecule has 3 rings (SSSR count). The van der Waals surface area contributed by atoms with E-state index in [1.165, 1.54) is 6.07 Å². The highest BCUT2D eigenvalue weighted by Crippen LogP contribution is 2.24. The number of benzene rings is 3. The molecule has 0 atom stereocenters. The van der Waals surface area contributed by atoms with Gasteiger partial charge in [-0.05, 0) is 74.7 Å². The van der Waals surface area contributed by atoms with Crippen molar-refractivity contribution in [3.8, 4) is 0 Å². The Kier molecular flexibility index (Phi) is 5.75.